The molecule has 1 aromatic carbocycles. The maximum atomic E-state index is 11.9. The van der Waals surface area contributed by atoms with Gasteiger partial charge in [0.25, 0.3) is 5.56 Å². The zero-order chi connectivity index (χ0) is 14.0. The molecule has 0 saturated carbocycles. The molecule has 0 bridgehead atoms. The van der Waals surface area contributed by atoms with E-state index < -0.39 is 0 Å². The third-order valence-corrected chi connectivity index (χ3v) is 3.32. The van der Waals surface area contributed by atoms with Gasteiger partial charge in [0.2, 0.25) is 0 Å². The van der Waals surface area contributed by atoms with Crippen LogP contribution in [-0.4, -0.2) is 9.97 Å². The maximum Gasteiger partial charge on any atom is 0.254 e. The van der Waals surface area contributed by atoms with Crippen molar-refractivity contribution in [2.24, 2.45) is 0 Å². The Kier molecular flexibility index (Phi) is 3.84. The van der Waals surface area contributed by atoms with Gasteiger partial charge in [0, 0.05) is 11.1 Å². The van der Waals surface area contributed by atoms with Gasteiger partial charge < -0.3 is 4.98 Å². The molecular weight excluding hydrogens is 236 g/mol. The summed E-state index contributed by atoms with van der Waals surface area (Å²) in [5.74, 6) is 0.656. The average molecular weight is 256 g/mol. The summed E-state index contributed by atoms with van der Waals surface area (Å²) in [5, 5.41) is 0. The minimum atomic E-state index is -0.0482. The lowest BCUT2D eigenvalue weighted by molar-refractivity contribution is 0.833. The molecule has 19 heavy (non-hydrogen) atoms. The molecule has 0 fully saturated rings. The highest BCUT2D eigenvalue weighted by Crippen LogP contribution is 2.25. The van der Waals surface area contributed by atoms with Crippen LogP contribution in [0.5, 0.6) is 0 Å². The Hall–Kier alpha value is -1.90. The molecule has 100 valence electrons. The van der Waals surface area contributed by atoms with E-state index in [0.29, 0.717) is 5.92 Å². The number of nitrogens with zero attached hydrogens (tertiary/aromatic N) is 1. The fraction of sp³-hybridized carbons (Fsp3) is 0.375. The van der Waals surface area contributed by atoms with Crippen LogP contribution >= 0.6 is 0 Å². The first-order valence-corrected chi connectivity index (χ1v) is 6.68. The van der Waals surface area contributed by atoms with Gasteiger partial charge in [-0.05, 0) is 17.4 Å². The van der Waals surface area contributed by atoms with Crippen molar-refractivity contribution in [3.8, 4) is 11.3 Å². The number of rotatable bonds is 3. The van der Waals surface area contributed by atoms with Gasteiger partial charge in [-0.25, -0.2) is 4.98 Å². The van der Waals surface area contributed by atoms with Crippen molar-refractivity contribution in [1.82, 2.24) is 9.97 Å². The van der Waals surface area contributed by atoms with Crippen LogP contribution in [-0.2, 0) is 0 Å². The van der Waals surface area contributed by atoms with Crippen molar-refractivity contribution >= 4 is 0 Å². The zero-order valence-electron chi connectivity index (χ0n) is 11.9. The van der Waals surface area contributed by atoms with Gasteiger partial charge in [0.05, 0.1) is 12.0 Å². The lowest BCUT2D eigenvalue weighted by Crippen LogP contribution is -2.16. The van der Waals surface area contributed by atoms with Crippen LogP contribution in [0.15, 0.2) is 35.4 Å². The van der Waals surface area contributed by atoms with E-state index in [9.17, 15) is 4.79 Å². The quantitative estimate of drug-likeness (QED) is 0.910. The Morgan fingerprint density at radius 2 is 1.63 bits per heavy atom. The molecule has 0 aliphatic carbocycles. The summed E-state index contributed by atoms with van der Waals surface area (Å²) >= 11 is 0. The van der Waals surface area contributed by atoms with Crippen molar-refractivity contribution < 1.29 is 0 Å². The van der Waals surface area contributed by atoms with Gasteiger partial charge in [-0.15, -0.1) is 0 Å². The molecule has 0 amide bonds. The fourth-order valence-electron chi connectivity index (χ4n) is 2.20. The van der Waals surface area contributed by atoms with Crippen LogP contribution < -0.4 is 5.56 Å². The molecule has 3 nitrogen and oxygen atoms in total. The Bertz CT molecular complexity index is 609. The van der Waals surface area contributed by atoms with Gasteiger partial charge in [0.1, 0.15) is 0 Å². The molecule has 0 spiro atoms. The van der Waals surface area contributed by atoms with E-state index in [1.54, 1.807) is 0 Å². The minimum Gasteiger partial charge on any atom is -0.313 e. The highest BCUT2D eigenvalue weighted by atomic mass is 16.1. The number of aromatic nitrogens is 2. The van der Waals surface area contributed by atoms with Gasteiger partial charge >= 0.3 is 0 Å². The molecule has 0 radical (unpaired) electrons. The molecule has 1 N–H and O–H groups in total. The first-order chi connectivity index (χ1) is 9.00. The summed E-state index contributed by atoms with van der Waals surface area (Å²) in [7, 11) is 0. The maximum absolute atomic E-state index is 11.9. The molecule has 2 rings (SSSR count). The molecule has 0 atom stereocenters. The third-order valence-electron chi connectivity index (χ3n) is 3.32. The predicted octanol–water partition coefficient (Wildman–Crippen LogP) is 3.68. The second-order valence-corrected chi connectivity index (χ2v) is 5.43. The summed E-state index contributed by atoms with van der Waals surface area (Å²) in [5.41, 5.74) is 3.78. The van der Waals surface area contributed by atoms with Crippen LogP contribution in [0.3, 0.4) is 0 Å². The molecule has 0 aliphatic heterocycles. The SMILES string of the molecule is CC(C)c1ccc(-c2nc[nH]c(=O)c2C(C)C)cc1. The topological polar surface area (TPSA) is 45.8 Å². The summed E-state index contributed by atoms with van der Waals surface area (Å²) in [6.45, 7) is 8.36. The number of H-pyrrole nitrogens is 1. The van der Waals surface area contributed by atoms with Crippen molar-refractivity contribution in [2.45, 2.75) is 39.5 Å². The molecule has 2 aromatic rings. The Labute approximate surface area is 113 Å². The molecule has 3 heteroatoms. The molecule has 1 aromatic heterocycles. The van der Waals surface area contributed by atoms with Crippen molar-refractivity contribution in [2.75, 3.05) is 0 Å². The predicted molar refractivity (Wildman–Crippen MR) is 78.5 cm³/mol. The summed E-state index contributed by atoms with van der Waals surface area (Å²) < 4.78 is 0. The second-order valence-electron chi connectivity index (χ2n) is 5.43. The van der Waals surface area contributed by atoms with E-state index in [1.807, 2.05) is 26.0 Å². The van der Waals surface area contributed by atoms with Crippen LogP contribution in [0, 0.1) is 0 Å². The van der Waals surface area contributed by atoms with E-state index >= 15 is 0 Å². The normalized spacial score (nSPS) is 11.3. The molecule has 0 unspecified atom stereocenters. The Morgan fingerprint density at radius 3 is 2.16 bits per heavy atom. The van der Waals surface area contributed by atoms with Crippen LogP contribution in [0.4, 0.5) is 0 Å². The van der Waals surface area contributed by atoms with Crippen LogP contribution in [0.1, 0.15) is 50.7 Å². The average Bonchev–Trinajstić information content (AvgIpc) is 2.38. The zero-order valence-corrected chi connectivity index (χ0v) is 11.9. The lowest BCUT2D eigenvalue weighted by Gasteiger charge is -2.11. The fourth-order valence-corrected chi connectivity index (χ4v) is 2.20. The van der Waals surface area contributed by atoms with Gasteiger partial charge in [-0.1, -0.05) is 52.0 Å². The van der Waals surface area contributed by atoms with E-state index in [0.717, 1.165) is 16.8 Å². The highest BCUT2D eigenvalue weighted by molar-refractivity contribution is 5.63. The molecule has 0 saturated heterocycles. The Morgan fingerprint density at radius 1 is 1.00 bits per heavy atom. The summed E-state index contributed by atoms with van der Waals surface area (Å²) in [6.07, 6.45) is 1.47. The number of aromatic amines is 1. The monoisotopic (exact) mass is 256 g/mol. The van der Waals surface area contributed by atoms with Crippen molar-refractivity contribution in [3.63, 3.8) is 0 Å². The van der Waals surface area contributed by atoms with Gasteiger partial charge in [-0.2, -0.15) is 0 Å². The minimum absolute atomic E-state index is 0.0482. The number of nitrogens with one attached hydrogen (secondary N) is 1. The van der Waals surface area contributed by atoms with E-state index in [1.165, 1.54) is 11.9 Å². The van der Waals surface area contributed by atoms with Crippen LogP contribution in [0.25, 0.3) is 11.3 Å². The first kappa shape index (κ1) is 13.5. The van der Waals surface area contributed by atoms with E-state index in [-0.39, 0.29) is 11.5 Å². The highest BCUT2D eigenvalue weighted by Gasteiger charge is 2.14. The first-order valence-electron chi connectivity index (χ1n) is 6.68. The van der Waals surface area contributed by atoms with Gasteiger partial charge in [0.15, 0.2) is 0 Å². The summed E-state index contributed by atoms with van der Waals surface area (Å²) in [6, 6.07) is 8.30. The molecular formula is C16H20N2O. The van der Waals surface area contributed by atoms with E-state index in [4.69, 9.17) is 0 Å². The number of benzene rings is 1. The smallest absolute Gasteiger partial charge is 0.254 e. The molecule has 1 heterocycles. The van der Waals surface area contributed by atoms with E-state index in [2.05, 4.69) is 35.9 Å². The lowest BCUT2D eigenvalue weighted by atomic mass is 9.96. The Balaban J connectivity index is 2.53. The number of hydrogen-bond donors (Lipinski definition) is 1. The van der Waals surface area contributed by atoms with Crippen molar-refractivity contribution in [3.05, 3.63) is 52.1 Å². The van der Waals surface area contributed by atoms with Crippen LogP contribution in [0.2, 0.25) is 0 Å². The largest absolute Gasteiger partial charge is 0.313 e. The second kappa shape index (κ2) is 5.39. The number of hydrogen-bond acceptors (Lipinski definition) is 2. The summed E-state index contributed by atoms with van der Waals surface area (Å²) in [4.78, 5) is 18.9. The molecule has 0 aliphatic rings. The van der Waals surface area contributed by atoms with Crippen molar-refractivity contribution in [1.29, 1.82) is 0 Å². The third kappa shape index (κ3) is 2.75. The standard InChI is InChI=1S/C16H20N2O/c1-10(2)12-5-7-13(8-6-12)15-14(11(3)4)16(19)18-9-17-15/h5-11H,1-4H3,(H,17,18,19). The van der Waals surface area contributed by atoms with Gasteiger partial charge in [-0.3, -0.25) is 4.79 Å².